The Morgan fingerprint density at radius 3 is 2.89 bits per heavy atom. The lowest BCUT2D eigenvalue weighted by atomic mass is 10.2. The van der Waals surface area contributed by atoms with E-state index in [9.17, 15) is 5.26 Å². The molecule has 1 aromatic heterocycles. The predicted octanol–water partition coefficient (Wildman–Crippen LogP) is 4.07. The molecule has 3 aromatic rings. The van der Waals surface area contributed by atoms with E-state index in [1.165, 1.54) is 0 Å². The molecule has 1 aliphatic heterocycles. The Morgan fingerprint density at radius 2 is 2.04 bits per heavy atom. The minimum absolute atomic E-state index is 0.195. The molecule has 0 spiro atoms. The van der Waals surface area contributed by atoms with Crippen molar-refractivity contribution in [1.82, 2.24) is 4.98 Å². The number of oxazole rings is 1. The number of nitrogens with zero attached hydrogens (tertiary/aromatic N) is 2. The Labute approximate surface area is 161 Å². The van der Waals surface area contributed by atoms with Gasteiger partial charge in [0.1, 0.15) is 11.8 Å². The third-order valence-electron chi connectivity index (χ3n) is 4.18. The molecule has 4 rings (SSSR count). The van der Waals surface area contributed by atoms with E-state index in [0.29, 0.717) is 24.1 Å². The van der Waals surface area contributed by atoms with Gasteiger partial charge in [-0.1, -0.05) is 24.3 Å². The van der Waals surface area contributed by atoms with Gasteiger partial charge in [-0.25, -0.2) is 0 Å². The smallest absolute Gasteiger partial charge is 0.232 e. The van der Waals surface area contributed by atoms with Gasteiger partial charge in [-0.05, 0) is 29.8 Å². The van der Waals surface area contributed by atoms with Crippen molar-refractivity contribution in [2.24, 2.45) is 0 Å². The zero-order valence-electron chi connectivity index (χ0n) is 15.1. The summed E-state index contributed by atoms with van der Waals surface area (Å²) in [6.45, 7) is 0.685. The average Bonchev–Trinajstić information content (AvgIpc) is 3.36. The van der Waals surface area contributed by atoms with Crippen molar-refractivity contribution in [2.45, 2.75) is 6.54 Å². The van der Waals surface area contributed by atoms with Crippen LogP contribution in [0.1, 0.15) is 22.7 Å². The van der Waals surface area contributed by atoms with E-state index in [1.807, 2.05) is 54.6 Å². The van der Waals surface area contributed by atoms with Gasteiger partial charge in [0.2, 0.25) is 24.3 Å². The Bertz CT molecular complexity index is 1070. The van der Waals surface area contributed by atoms with Crippen LogP contribution in [-0.4, -0.2) is 18.9 Å². The van der Waals surface area contributed by atoms with E-state index in [1.54, 1.807) is 13.2 Å². The van der Waals surface area contributed by atoms with Crippen molar-refractivity contribution in [3.05, 3.63) is 65.2 Å². The first kappa shape index (κ1) is 17.5. The summed E-state index contributed by atoms with van der Waals surface area (Å²) in [7, 11) is 1.61. The van der Waals surface area contributed by atoms with Crippen molar-refractivity contribution < 1.29 is 18.6 Å². The van der Waals surface area contributed by atoms with Crippen molar-refractivity contribution in [3.63, 3.8) is 0 Å². The summed E-state index contributed by atoms with van der Waals surface area (Å²) in [5, 5.41) is 12.4. The zero-order valence-corrected chi connectivity index (χ0v) is 15.1. The van der Waals surface area contributed by atoms with Crippen LogP contribution in [0.5, 0.6) is 17.2 Å². The molecular formula is C21H17N3O4. The molecule has 0 fully saturated rings. The Kier molecular flexibility index (Phi) is 4.85. The molecule has 0 saturated carbocycles. The predicted molar refractivity (Wildman–Crippen MR) is 103 cm³/mol. The summed E-state index contributed by atoms with van der Waals surface area (Å²) in [4.78, 5) is 4.21. The second-order valence-electron chi connectivity index (χ2n) is 5.96. The fourth-order valence-corrected chi connectivity index (χ4v) is 2.80. The molecule has 0 aliphatic carbocycles. The van der Waals surface area contributed by atoms with E-state index >= 15 is 0 Å². The highest BCUT2D eigenvalue weighted by Gasteiger charge is 2.15. The van der Waals surface area contributed by atoms with E-state index in [-0.39, 0.29) is 12.5 Å². The largest absolute Gasteiger partial charge is 0.496 e. The molecule has 0 amide bonds. The summed E-state index contributed by atoms with van der Waals surface area (Å²) in [5.41, 5.74) is 2.05. The van der Waals surface area contributed by atoms with Crippen LogP contribution in [0.15, 0.2) is 46.9 Å². The molecule has 1 aliphatic rings. The number of ether oxygens (including phenoxy) is 3. The molecule has 0 bridgehead atoms. The number of rotatable bonds is 6. The van der Waals surface area contributed by atoms with Gasteiger partial charge in [-0.2, -0.15) is 10.2 Å². The first-order valence-electron chi connectivity index (χ1n) is 8.61. The number of hydrogen-bond donors (Lipinski definition) is 1. The molecule has 0 unspecified atom stereocenters. The lowest BCUT2D eigenvalue weighted by Crippen LogP contribution is -1.99. The number of aromatic nitrogens is 1. The first-order chi connectivity index (χ1) is 13.8. The lowest BCUT2D eigenvalue weighted by Gasteiger charge is -2.04. The van der Waals surface area contributed by atoms with Gasteiger partial charge in [0.15, 0.2) is 11.5 Å². The van der Waals surface area contributed by atoms with Gasteiger partial charge in [0, 0.05) is 18.2 Å². The summed E-state index contributed by atoms with van der Waals surface area (Å²) in [6, 6.07) is 15.3. The minimum atomic E-state index is 0.195. The molecular weight excluding hydrogens is 358 g/mol. The monoisotopic (exact) mass is 375 g/mol. The van der Waals surface area contributed by atoms with E-state index < -0.39 is 0 Å². The maximum Gasteiger partial charge on any atom is 0.232 e. The van der Waals surface area contributed by atoms with Crippen LogP contribution < -0.4 is 19.5 Å². The maximum atomic E-state index is 9.33. The van der Waals surface area contributed by atoms with Crippen molar-refractivity contribution in [2.75, 3.05) is 19.2 Å². The molecule has 1 N–H and O–H groups in total. The molecule has 0 atom stereocenters. The third kappa shape index (κ3) is 3.62. The molecule has 0 saturated heterocycles. The molecule has 2 aromatic carbocycles. The first-order valence-corrected chi connectivity index (χ1v) is 8.61. The summed E-state index contributed by atoms with van der Waals surface area (Å²) < 4.78 is 21.7. The molecule has 140 valence electrons. The van der Waals surface area contributed by atoms with Gasteiger partial charge < -0.3 is 23.9 Å². The molecule has 7 heteroatoms. The highest BCUT2D eigenvalue weighted by atomic mass is 16.7. The number of nitrogens with one attached hydrogen (secondary N) is 1. The number of nitriles is 1. The molecule has 7 nitrogen and oxygen atoms in total. The minimum Gasteiger partial charge on any atom is -0.496 e. The van der Waals surface area contributed by atoms with Crippen LogP contribution in [0, 0.1) is 11.3 Å². The second-order valence-corrected chi connectivity index (χ2v) is 5.96. The van der Waals surface area contributed by atoms with E-state index in [2.05, 4.69) is 10.3 Å². The SMILES string of the molecule is COc1ccccc1C=Cc1nc(C#N)c(NCc2ccc3c(c2)OCO3)o1. The summed E-state index contributed by atoms with van der Waals surface area (Å²) in [5.74, 6) is 2.82. The van der Waals surface area contributed by atoms with Gasteiger partial charge in [-0.15, -0.1) is 0 Å². The van der Waals surface area contributed by atoms with E-state index in [4.69, 9.17) is 18.6 Å². The van der Waals surface area contributed by atoms with Crippen LogP contribution in [0.4, 0.5) is 5.88 Å². The Hall–Kier alpha value is -3.92. The Balaban J connectivity index is 1.49. The highest BCUT2D eigenvalue weighted by Crippen LogP contribution is 2.32. The van der Waals surface area contributed by atoms with Gasteiger partial charge in [0.05, 0.1) is 7.11 Å². The number of fused-ring (bicyclic) bond motifs is 1. The van der Waals surface area contributed by atoms with Crippen LogP contribution in [0.25, 0.3) is 12.2 Å². The van der Waals surface area contributed by atoms with E-state index in [0.717, 1.165) is 22.6 Å². The molecule has 28 heavy (non-hydrogen) atoms. The van der Waals surface area contributed by atoms with Crippen LogP contribution in [0.2, 0.25) is 0 Å². The van der Waals surface area contributed by atoms with Crippen molar-refractivity contribution in [1.29, 1.82) is 5.26 Å². The number of benzene rings is 2. The normalized spacial score (nSPS) is 12.1. The quantitative estimate of drug-likeness (QED) is 0.695. The summed E-state index contributed by atoms with van der Waals surface area (Å²) in [6.07, 6.45) is 3.53. The molecule has 2 heterocycles. The number of hydrogen-bond acceptors (Lipinski definition) is 7. The number of para-hydroxylation sites is 1. The van der Waals surface area contributed by atoms with Crippen molar-refractivity contribution >= 4 is 18.0 Å². The topological polar surface area (TPSA) is 89.5 Å². The Morgan fingerprint density at radius 1 is 1.18 bits per heavy atom. The second kappa shape index (κ2) is 7.76. The molecule has 0 radical (unpaired) electrons. The summed E-state index contributed by atoms with van der Waals surface area (Å²) >= 11 is 0. The average molecular weight is 375 g/mol. The fourth-order valence-electron chi connectivity index (χ4n) is 2.80. The number of methoxy groups -OCH3 is 1. The van der Waals surface area contributed by atoms with Crippen LogP contribution in [0.3, 0.4) is 0 Å². The zero-order chi connectivity index (χ0) is 19.3. The van der Waals surface area contributed by atoms with Crippen molar-refractivity contribution in [3.8, 4) is 23.3 Å². The number of anilines is 1. The van der Waals surface area contributed by atoms with Gasteiger partial charge in [0.25, 0.3) is 0 Å². The van der Waals surface area contributed by atoms with Crippen LogP contribution in [-0.2, 0) is 6.54 Å². The maximum absolute atomic E-state index is 9.33. The van der Waals surface area contributed by atoms with Gasteiger partial charge in [-0.3, -0.25) is 0 Å². The fraction of sp³-hybridized carbons (Fsp3) is 0.143. The lowest BCUT2D eigenvalue weighted by molar-refractivity contribution is 0.174. The van der Waals surface area contributed by atoms with Gasteiger partial charge >= 0.3 is 0 Å². The van der Waals surface area contributed by atoms with Crippen LogP contribution >= 0.6 is 0 Å². The standard InChI is InChI=1S/C21H17N3O4/c1-25-17-5-3-2-4-15(17)7-9-20-24-16(11-22)21(28-20)23-12-14-6-8-18-19(10-14)27-13-26-18/h2-10,23H,12-13H2,1H3. The highest BCUT2D eigenvalue weighted by molar-refractivity contribution is 5.70. The third-order valence-corrected chi connectivity index (χ3v) is 4.18.